The molecule has 136 valence electrons. The predicted octanol–water partition coefficient (Wildman–Crippen LogP) is 2.54. The standard InChI is InChI=1S/C18H20N4O4/c1-2-7-19-18(23)22-8-3-4-13(10-22)17-21-20-16(26-17)12-5-6-14-15(9-12)25-11-24-14/h2,5-6,9,13H,1,3-4,7-8,10-11H2,(H,19,23). The zero-order chi connectivity index (χ0) is 17.9. The molecule has 2 amide bonds. The maximum Gasteiger partial charge on any atom is 0.317 e. The number of fused-ring (bicyclic) bond motifs is 1. The zero-order valence-electron chi connectivity index (χ0n) is 14.3. The van der Waals surface area contributed by atoms with Gasteiger partial charge in [0.1, 0.15) is 0 Å². The minimum atomic E-state index is -0.0925. The van der Waals surface area contributed by atoms with E-state index in [9.17, 15) is 4.79 Å². The van der Waals surface area contributed by atoms with E-state index < -0.39 is 0 Å². The highest BCUT2D eigenvalue weighted by Crippen LogP contribution is 2.36. The van der Waals surface area contributed by atoms with Crippen molar-refractivity contribution in [3.63, 3.8) is 0 Å². The molecular weight excluding hydrogens is 336 g/mol. The number of ether oxygens (including phenoxy) is 2. The first kappa shape index (κ1) is 16.4. The van der Waals surface area contributed by atoms with Gasteiger partial charge in [0.25, 0.3) is 0 Å². The number of piperidine rings is 1. The third-order valence-electron chi connectivity index (χ3n) is 4.52. The van der Waals surface area contributed by atoms with Crippen molar-refractivity contribution in [2.45, 2.75) is 18.8 Å². The number of likely N-dealkylation sites (tertiary alicyclic amines) is 1. The SMILES string of the molecule is C=CCNC(=O)N1CCCC(c2nnc(-c3ccc4c(c3)OCO4)o2)C1. The van der Waals surface area contributed by atoms with Gasteiger partial charge in [-0.15, -0.1) is 16.8 Å². The zero-order valence-corrected chi connectivity index (χ0v) is 14.3. The molecule has 1 aromatic heterocycles. The first-order chi connectivity index (χ1) is 12.7. The summed E-state index contributed by atoms with van der Waals surface area (Å²) in [4.78, 5) is 13.9. The Morgan fingerprint density at radius 2 is 2.23 bits per heavy atom. The maximum absolute atomic E-state index is 12.1. The largest absolute Gasteiger partial charge is 0.454 e. The minimum absolute atomic E-state index is 0.0356. The summed E-state index contributed by atoms with van der Waals surface area (Å²) in [6.45, 7) is 5.57. The van der Waals surface area contributed by atoms with Crippen molar-refractivity contribution >= 4 is 6.03 Å². The highest BCUT2D eigenvalue weighted by atomic mass is 16.7. The van der Waals surface area contributed by atoms with Crippen LogP contribution in [-0.2, 0) is 0 Å². The van der Waals surface area contributed by atoms with Gasteiger partial charge < -0.3 is 24.1 Å². The Balaban J connectivity index is 1.47. The average Bonchev–Trinajstić information content (AvgIpc) is 3.34. The summed E-state index contributed by atoms with van der Waals surface area (Å²) in [6.07, 6.45) is 3.47. The van der Waals surface area contributed by atoms with Crippen molar-refractivity contribution in [3.8, 4) is 23.0 Å². The van der Waals surface area contributed by atoms with E-state index in [4.69, 9.17) is 13.9 Å². The molecule has 0 saturated carbocycles. The lowest BCUT2D eigenvalue weighted by molar-refractivity contribution is 0.173. The van der Waals surface area contributed by atoms with Crippen molar-refractivity contribution in [2.75, 3.05) is 26.4 Å². The molecule has 2 aromatic rings. The topological polar surface area (TPSA) is 89.7 Å². The van der Waals surface area contributed by atoms with Gasteiger partial charge in [0.05, 0.1) is 5.92 Å². The lowest BCUT2D eigenvalue weighted by Gasteiger charge is -2.30. The van der Waals surface area contributed by atoms with E-state index in [1.165, 1.54) is 0 Å². The van der Waals surface area contributed by atoms with Crippen LogP contribution in [0.15, 0.2) is 35.3 Å². The van der Waals surface area contributed by atoms with Crippen molar-refractivity contribution in [3.05, 3.63) is 36.7 Å². The van der Waals surface area contributed by atoms with Crippen LogP contribution in [0.5, 0.6) is 11.5 Å². The molecule has 0 aliphatic carbocycles. The van der Waals surface area contributed by atoms with Crippen LogP contribution in [0.3, 0.4) is 0 Å². The van der Waals surface area contributed by atoms with E-state index in [2.05, 4.69) is 22.1 Å². The minimum Gasteiger partial charge on any atom is -0.454 e. The molecule has 1 saturated heterocycles. The fourth-order valence-electron chi connectivity index (χ4n) is 3.18. The molecule has 0 spiro atoms. The Hall–Kier alpha value is -3.03. The number of urea groups is 1. The first-order valence-electron chi connectivity index (χ1n) is 8.61. The Labute approximate surface area is 150 Å². The second-order valence-corrected chi connectivity index (χ2v) is 6.27. The average molecular weight is 356 g/mol. The van der Waals surface area contributed by atoms with Gasteiger partial charge in [0, 0.05) is 25.2 Å². The summed E-state index contributed by atoms with van der Waals surface area (Å²) >= 11 is 0. The van der Waals surface area contributed by atoms with Crippen LogP contribution >= 0.6 is 0 Å². The summed E-state index contributed by atoms with van der Waals surface area (Å²) < 4.78 is 16.6. The molecule has 1 aromatic carbocycles. The predicted molar refractivity (Wildman–Crippen MR) is 93.0 cm³/mol. The number of carbonyl (C=O) groups is 1. The van der Waals surface area contributed by atoms with Gasteiger partial charge in [-0.1, -0.05) is 6.08 Å². The second-order valence-electron chi connectivity index (χ2n) is 6.27. The molecule has 1 unspecified atom stereocenters. The smallest absolute Gasteiger partial charge is 0.317 e. The van der Waals surface area contributed by atoms with Gasteiger partial charge in [-0.3, -0.25) is 0 Å². The summed E-state index contributed by atoms with van der Waals surface area (Å²) in [7, 11) is 0. The lowest BCUT2D eigenvalue weighted by atomic mass is 9.98. The lowest BCUT2D eigenvalue weighted by Crippen LogP contribution is -2.45. The van der Waals surface area contributed by atoms with Crippen LogP contribution in [-0.4, -0.2) is 47.6 Å². The molecular formula is C18H20N4O4. The van der Waals surface area contributed by atoms with Gasteiger partial charge in [0.15, 0.2) is 11.5 Å². The summed E-state index contributed by atoms with van der Waals surface area (Å²) in [6, 6.07) is 5.43. The molecule has 1 N–H and O–H groups in total. The van der Waals surface area contributed by atoms with Crippen molar-refractivity contribution < 1.29 is 18.7 Å². The third-order valence-corrected chi connectivity index (χ3v) is 4.52. The Kier molecular flexibility index (Phi) is 4.47. The van der Waals surface area contributed by atoms with Crippen LogP contribution < -0.4 is 14.8 Å². The molecule has 8 nitrogen and oxygen atoms in total. The van der Waals surface area contributed by atoms with E-state index in [1.54, 1.807) is 11.0 Å². The Bertz CT molecular complexity index is 819. The molecule has 0 radical (unpaired) electrons. The number of nitrogens with zero attached hydrogens (tertiary/aromatic N) is 3. The van der Waals surface area contributed by atoms with E-state index in [0.29, 0.717) is 36.4 Å². The number of carbonyl (C=O) groups excluding carboxylic acids is 1. The van der Waals surface area contributed by atoms with Crippen molar-refractivity contribution in [2.24, 2.45) is 0 Å². The number of hydrogen-bond donors (Lipinski definition) is 1. The van der Waals surface area contributed by atoms with E-state index in [0.717, 1.165) is 24.9 Å². The molecule has 1 atom stereocenters. The molecule has 3 heterocycles. The summed E-state index contributed by atoms with van der Waals surface area (Å²) in [5.41, 5.74) is 0.782. The Morgan fingerprint density at radius 3 is 3.12 bits per heavy atom. The van der Waals surface area contributed by atoms with Crippen LogP contribution in [0.25, 0.3) is 11.5 Å². The van der Waals surface area contributed by atoms with Crippen molar-refractivity contribution in [1.29, 1.82) is 0 Å². The van der Waals surface area contributed by atoms with Crippen molar-refractivity contribution in [1.82, 2.24) is 20.4 Å². The quantitative estimate of drug-likeness (QED) is 0.847. The number of aromatic nitrogens is 2. The van der Waals surface area contributed by atoms with E-state index in [1.807, 2.05) is 18.2 Å². The molecule has 8 heteroatoms. The fourth-order valence-corrected chi connectivity index (χ4v) is 3.18. The number of amides is 2. The normalized spacial score (nSPS) is 18.6. The van der Waals surface area contributed by atoms with Gasteiger partial charge in [-0.05, 0) is 31.0 Å². The summed E-state index contributed by atoms with van der Waals surface area (Å²) in [5, 5.41) is 11.2. The van der Waals surface area contributed by atoms with Gasteiger partial charge in [0.2, 0.25) is 18.6 Å². The van der Waals surface area contributed by atoms with Crippen LogP contribution in [0.2, 0.25) is 0 Å². The fraction of sp³-hybridized carbons (Fsp3) is 0.389. The third kappa shape index (κ3) is 3.22. The van der Waals surface area contributed by atoms with Gasteiger partial charge in [-0.25, -0.2) is 4.79 Å². The maximum atomic E-state index is 12.1. The number of hydrogen-bond acceptors (Lipinski definition) is 6. The monoisotopic (exact) mass is 356 g/mol. The number of benzene rings is 1. The Morgan fingerprint density at radius 1 is 1.35 bits per heavy atom. The highest BCUT2D eigenvalue weighted by Gasteiger charge is 2.28. The molecule has 0 bridgehead atoms. The van der Waals surface area contributed by atoms with Crippen LogP contribution in [0.1, 0.15) is 24.7 Å². The molecule has 4 rings (SSSR count). The molecule has 26 heavy (non-hydrogen) atoms. The van der Waals surface area contributed by atoms with E-state index >= 15 is 0 Å². The van der Waals surface area contributed by atoms with Crippen LogP contribution in [0.4, 0.5) is 4.79 Å². The van der Waals surface area contributed by atoms with Gasteiger partial charge >= 0.3 is 6.03 Å². The number of nitrogens with one attached hydrogen (secondary N) is 1. The molecule has 2 aliphatic heterocycles. The highest BCUT2D eigenvalue weighted by molar-refractivity contribution is 5.74. The van der Waals surface area contributed by atoms with Crippen LogP contribution in [0, 0.1) is 0 Å². The number of rotatable bonds is 4. The molecule has 1 fully saturated rings. The summed E-state index contributed by atoms with van der Waals surface area (Å²) in [5.74, 6) is 2.41. The van der Waals surface area contributed by atoms with E-state index in [-0.39, 0.29) is 18.7 Å². The van der Waals surface area contributed by atoms with Gasteiger partial charge in [-0.2, -0.15) is 0 Å². The molecule has 2 aliphatic rings. The first-order valence-corrected chi connectivity index (χ1v) is 8.61. The second kappa shape index (κ2) is 7.07.